The van der Waals surface area contributed by atoms with Gasteiger partial charge in [0.2, 0.25) is 5.82 Å². The summed E-state index contributed by atoms with van der Waals surface area (Å²) in [6.45, 7) is 0. The third-order valence-electron chi connectivity index (χ3n) is 2.87. The van der Waals surface area contributed by atoms with Gasteiger partial charge in [0.25, 0.3) is 5.89 Å². The Bertz CT molecular complexity index is 713. The standard InChI is InChI=1S/C15H11BrN2O2/c16-12-8-4-7-11(9-12)14-17-15(20-18-14)13(19)10-5-2-1-3-6-10/h1-9,13,19H. The summed E-state index contributed by atoms with van der Waals surface area (Å²) < 4.78 is 6.08. The first-order chi connectivity index (χ1) is 9.74. The first-order valence-electron chi connectivity index (χ1n) is 6.06. The van der Waals surface area contributed by atoms with E-state index in [1.807, 2.05) is 54.6 Å². The SMILES string of the molecule is OC(c1ccccc1)c1nc(-c2cccc(Br)c2)no1. The van der Waals surface area contributed by atoms with E-state index in [-0.39, 0.29) is 5.89 Å². The minimum Gasteiger partial charge on any atom is -0.378 e. The van der Waals surface area contributed by atoms with Gasteiger partial charge in [-0.15, -0.1) is 0 Å². The van der Waals surface area contributed by atoms with E-state index in [9.17, 15) is 5.11 Å². The van der Waals surface area contributed by atoms with Crippen molar-refractivity contribution < 1.29 is 9.63 Å². The normalized spacial score (nSPS) is 12.3. The number of aliphatic hydroxyl groups is 1. The van der Waals surface area contributed by atoms with Crippen LogP contribution in [0.2, 0.25) is 0 Å². The molecule has 0 aliphatic carbocycles. The zero-order valence-electron chi connectivity index (χ0n) is 10.4. The molecule has 5 heteroatoms. The van der Waals surface area contributed by atoms with Gasteiger partial charge < -0.3 is 9.63 Å². The van der Waals surface area contributed by atoms with Crippen LogP contribution >= 0.6 is 15.9 Å². The lowest BCUT2D eigenvalue weighted by molar-refractivity contribution is 0.170. The fourth-order valence-corrected chi connectivity index (χ4v) is 2.27. The van der Waals surface area contributed by atoms with Crippen molar-refractivity contribution >= 4 is 15.9 Å². The summed E-state index contributed by atoms with van der Waals surface area (Å²) in [6, 6.07) is 16.8. The maximum absolute atomic E-state index is 10.2. The molecule has 0 spiro atoms. The quantitative estimate of drug-likeness (QED) is 0.797. The largest absolute Gasteiger partial charge is 0.378 e. The lowest BCUT2D eigenvalue weighted by Crippen LogP contribution is -1.99. The minimum atomic E-state index is -0.912. The third-order valence-corrected chi connectivity index (χ3v) is 3.37. The van der Waals surface area contributed by atoms with Crippen molar-refractivity contribution in [3.8, 4) is 11.4 Å². The molecule has 0 bridgehead atoms. The second-order valence-corrected chi connectivity index (χ2v) is 5.20. The van der Waals surface area contributed by atoms with Gasteiger partial charge in [-0.3, -0.25) is 0 Å². The van der Waals surface area contributed by atoms with E-state index in [0.29, 0.717) is 5.82 Å². The van der Waals surface area contributed by atoms with Crippen LogP contribution in [0.4, 0.5) is 0 Å². The van der Waals surface area contributed by atoms with E-state index in [4.69, 9.17) is 4.52 Å². The Kier molecular flexibility index (Phi) is 3.62. The van der Waals surface area contributed by atoms with Crippen molar-refractivity contribution in [2.24, 2.45) is 0 Å². The molecule has 3 aromatic rings. The molecule has 0 aliphatic heterocycles. The molecule has 20 heavy (non-hydrogen) atoms. The maximum atomic E-state index is 10.2. The highest BCUT2D eigenvalue weighted by molar-refractivity contribution is 9.10. The molecule has 2 aromatic carbocycles. The molecule has 0 radical (unpaired) electrons. The summed E-state index contributed by atoms with van der Waals surface area (Å²) in [5.74, 6) is 0.641. The van der Waals surface area contributed by atoms with Crippen molar-refractivity contribution in [1.29, 1.82) is 0 Å². The molecular formula is C15H11BrN2O2. The van der Waals surface area contributed by atoms with Crippen molar-refractivity contribution in [1.82, 2.24) is 10.1 Å². The van der Waals surface area contributed by atoms with Crippen LogP contribution in [0.3, 0.4) is 0 Å². The van der Waals surface area contributed by atoms with E-state index in [1.165, 1.54) is 0 Å². The number of halogens is 1. The highest BCUT2D eigenvalue weighted by atomic mass is 79.9. The lowest BCUT2D eigenvalue weighted by atomic mass is 10.1. The number of hydrogen-bond acceptors (Lipinski definition) is 4. The number of aromatic nitrogens is 2. The highest BCUT2D eigenvalue weighted by Gasteiger charge is 2.18. The zero-order valence-corrected chi connectivity index (χ0v) is 12.0. The van der Waals surface area contributed by atoms with E-state index >= 15 is 0 Å². The van der Waals surface area contributed by atoms with Crippen LogP contribution in [0.1, 0.15) is 17.6 Å². The molecule has 0 fully saturated rings. The summed E-state index contributed by atoms with van der Waals surface area (Å²) >= 11 is 3.40. The molecule has 1 N–H and O–H groups in total. The Labute approximate surface area is 124 Å². The molecule has 1 aromatic heterocycles. The predicted molar refractivity (Wildman–Crippen MR) is 77.9 cm³/mol. The van der Waals surface area contributed by atoms with E-state index in [0.717, 1.165) is 15.6 Å². The first kappa shape index (κ1) is 13.0. The summed E-state index contributed by atoms with van der Waals surface area (Å²) in [5, 5.41) is 14.1. The average Bonchev–Trinajstić information content (AvgIpc) is 2.97. The second-order valence-electron chi connectivity index (χ2n) is 4.28. The maximum Gasteiger partial charge on any atom is 0.260 e. The molecule has 1 heterocycles. The number of rotatable bonds is 3. The molecule has 100 valence electrons. The summed E-state index contributed by atoms with van der Waals surface area (Å²) in [4.78, 5) is 4.25. The summed E-state index contributed by atoms with van der Waals surface area (Å²) in [6.07, 6.45) is -0.912. The van der Waals surface area contributed by atoms with Gasteiger partial charge in [0.05, 0.1) is 0 Å². The zero-order chi connectivity index (χ0) is 13.9. The van der Waals surface area contributed by atoms with E-state index in [2.05, 4.69) is 26.1 Å². The fourth-order valence-electron chi connectivity index (χ4n) is 1.87. The molecule has 1 atom stereocenters. The molecule has 0 saturated carbocycles. The van der Waals surface area contributed by atoms with Crippen molar-refractivity contribution in [2.45, 2.75) is 6.10 Å². The Morgan fingerprint density at radius 1 is 1.05 bits per heavy atom. The van der Waals surface area contributed by atoms with Gasteiger partial charge in [0.15, 0.2) is 6.10 Å². The van der Waals surface area contributed by atoms with Gasteiger partial charge in [-0.25, -0.2) is 0 Å². The van der Waals surface area contributed by atoms with Gasteiger partial charge >= 0.3 is 0 Å². The average molecular weight is 331 g/mol. The van der Waals surface area contributed by atoms with Crippen LogP contribution in [0.25, 0.3) is 11.4 Å². The topological polar surface area (TPSA) is 59.2 Å². The fraction of sp³-hybridized carbons (Fsp3) is 0.0667. The van der Waals surface area contributed by atoms with Crippen LogP contribution in [0.15, 0.2) is 63.6 Å². The van der Waals surface area contributed by atoms with Gasteiger partial charge in [0.1, 0.15) is 0 Å². The third kappa shape index (κ3) is 2.64. The van der Waals surface area contributed by atoms with Crippen molar-refractivity contribution in [3.05, 3.63) is 70.5 Å². The number of benzene rings is 2. The summed E-state index contributed by atoms with van der Waals surface area (Å²) in [7, 11) is 0. The van der Waals surface area contributed by atoms with Gasteiger partial charge in [0, 0.05) is 10.0 Å². The molecule has 1 unspecified atom stereocenters. The molecular weight excluding hydrogens is 320 g/mol. The van der Waals surface area contributed by atoms with Crippen molar-refractivity contribution in [2.75, 3.05) is 0 Å². The van der Waals surface area contributed by atoms with Crippen LogP contribution in [0.5, 0.6) is 0 Å². The van der Waals surface area contributed by atoms with E-state index in [1.54, 1.807) is 0 Å². The Morgan fingerprint density at radius 2 is 1.85 bits per heavy atom. The Hall–Kier alpha value is -1.98. The molecule has 0 aliphatic rings. The van der Waals surface area contributed by atoms with Gasteiger partial charge in [-0.05, 0) is 17.7 Å². The van der Waals surface area contributed by atoms with Crippen LogP contribution in [-0.4, -0.2) is 15.2 Å². The molecule has 0 saturated heterocycles. The van der Waals surface area contributed by atoms with Gasteiger partial charge in [-0.2, -0.15) is 4.98 Å². The minimum absolute atomic E-state index is 0.186. The molecule has 0 amide bonds. The summed E-state index contributed by atoms with van der Waals surface area (Å²) in [5.41, 5.74) is 1.55. The first-order valence-corrected chi connectivity index (χ1v) is 6.86. The molecule has 3 rings (SSSR count). The highest BCUT2D eigenvalue weighted by Crippen LogP contribution is 2.24. The number of hydrogen-bond donors (Lipinski definition) is 1. The second kappa shape index (κ2) is 5.56. The monoisotopic (exact) mass is 330 g/mol. The smallest absolute Gasteiger partial charge is 0.260 e. The van der Waals surface area contributed by atoms with Crippen LogP contribution < -0.4 is 0 Å². The Morgan fingerprint density at radius 3 is 2.60 bits per heavy atom. The number of aliphatic hydroxyl groups excluding tert-OH is 1. The number of nitrogens with zero attached hydrogens (tertiary/aromatic N) is 2. The van der Waals surface area contributed by atoms with Crippen LogP contribution in [-0.2, 0) is 0 Å². The predicted octanol–water partition coefficient (Wildman–Crippen LogP) is 3.58. The Balaban J connectivity index is 1.91. The molecule has 4 nitrogen and oxygen atoms in total. The van der Waals surface area contributed by atoms with Crippen molar-refractivity contribution in [3.63, 3.8) is 0 Å². The van der Waals surface area contributed by atoms with Crippen LogP contribution in [0, 0.1) is 0 Å². The lowest BCUT2D eigenvalue weighted by Gasteiger charge is -2.04. The van der Waals surface area contributed by atoms with Gasteiger partial charge in [-0.1, -0.05) is 63.6 Å². The van der Waals surface area contributed by atoms with E-state index < -0.39 is 6.10 Å².